The molecule has 0 radical (unpaired) electrons. The fourth-order valence-corrected chi connectivity index (χ4v) is 1.69. The molecule has 2 aliphatic carbocycles. The van der Waals surface area contributed by atoms with Crippen LogP contribution in [0.4, 0.5) is 0 Å². The normalized spacial score (nSPS) is 22.7. The molecule has 2 saturated carbocycles. The molecular formula is C10H16N2. The average Bonchev–Trinajstić information content (AvgIpc) is 2.85. The van der Waals surface area contributed by atoms with Crippen LogP contribution >= 0.6 is 0 Å². The standard InChI is InChI=1S/C10H16N2/c11-6-1-7-12(10-4-5-10)8-9-2-3-9/h9-10H,1-5,7-8H2. The summed E-state index contributed by atoms with van der Waals surface area (Å²) in [7, 11) is 0. The summed E-state index contributed by atoms with van der Waals surface area (Å²) in [5.74, 6) is 0.976. The summed E-state index contributed by atoms with van der Waals surface area (Å²) >= 11 is 0. The van der Waals surface area contributed by atoms with Crippen LogP contribution in [-0.2, 0) is 0 Å². The zero-order chi connectivity index (χ0) is 8.39. The summed E-state index contributed by atoms with van der Waals surface area (Å²) in [5, 5.41) is 8.49. The van der Waals surface area contributed by atoms with Crippen molar-refractivity contribution in [2.24, 2.45) is 5.92 Å². The van der Waals surface area contributed by atoms with E-state index in [0.717, 1.165) is 18.5 Å². The highest BCUT2D eigenvalue weighted by atomic mass is 15.2. The Morgan fingerprint density at radius 1 is 1.25 bits per heavy atom. The van der Waals surface area contributed by atoms with Crippen LogP contribution in [0.25, 0.3) is 0 Å². The smallest absolute Gasteiger partial charge is 0.0635 e. The number of hydrogen-bond donors (Lipinski definition) is 0. The molecule has 2 heteroatoms. The zero-order valence-corrected chi connectivity index (χ0v) is 7.50. The van der Waals surface area contributed by atoms with Crippen molar-refractivity contribution in [3.05, 3.63) is 0 Å². The predicted octanol–water partition coefficient (Wildman–Crippen LogP) is 1.77. The van der Waals surface area contributed by atoms with Crippen LogP contribution in [0.15, 0.2) is 0 Å². The predicted molar refractivity (Wildman–Crippen MR) is 47.5 cm³/mol. The van der Waals surface area contributed by atoms with Gasteiger partial charge in [0.25, 0.3) is 0 Å². The Labute approximate surface area is 74.2 Å². The van der Waals surface area contributed by atoms with Gasteiger partial charge >= 0.3 is 0 Å². The molecule has 2 rings (SSSR count). The Bertz CT molecular complexity index is 187. The fraction of sp³-hybridized carbons (Fsp3) is 0.900. The van der Waals surface area contributed by atoms with Crippen molar-refractivity contribution in [1.82, 2.24) is 4.90 Å². The van der Waals surface area contributed by atoms with Crippen molar-refractivity contribution in [2.45, 2.75) is 38.1 Å². The lowest BCUT2D eigenvalue weighted by atomic mass is 10.3. The van der Waals surface area contributed by atoms with Crippen LogP contribution in [0.1, 0.15) is 32.1 Å². The highest BCUT2D eigenvalue weighted by molar-refractivity contribution is 4.89. The number of nitriles is 1. The lowest BCUT2D eigenvalue weighted by Gasteiger charge is -2.19. The number of nitrogens with zero attached hydrogens (tertiary/aromatic N) is 2. The van der Waals surface area contributed by atoms with E-state index < -0.39 is 0 Å². The minimum absolute atomic E-state index is 0.712. The van der Waals surface area contributed by atoms with E-state index in [1.165, 1.54) is 32.2 Å². The van der Waals surface area contributed by atoms with Gasteiger partial charge < -0.3 is 0 Å². The highest BCUT2D eigenvalue weighted by Gasteiger charge is 2.32. The third-order valence-corrected chi connectivity index (χ3v) is 2.76. The molecule has 0 spiro atoms. The second-order valence-corrected chi connectivity index (χ2v) is 4.08. The van der Waals surface area contributed by atoms with Gasteiger partial charge in [-0.05, 0) is 31.6 Å². The Morgan fingerprint density at radius 2 is 2.00 bits per heavy atom. The summed E-state index contributed by atoms with van der Waals surface area (Å²) in [5.41, 5.74) is 0. The van der Waals surface area contributed by atoms with Crippen molar-refractivity contribution in [3.8, 4) is 6.07 Å². The van der Waals surface area contributed by atoms with Gasteiger partial charge in [0.05, 0.1) is 6.07 Å². The van der Waals surface area contributed by atoms with Gasteiger partial charge in [-0.15, -0.1) is 0 Å². The summed E-state index contributed by atoms with van der Waals surface area (Å²) in [6.45, 7) is 2.28. The molecule has 0 unspecified atom stereocenters. The van der Waals surface area contributed by atoms with E-state index in [2.05, 4.69) is 11.0 Å². The Hall–Kier alpha value is -0.550. The second-order valence-electron chi connectivity index (χ2n) is 4.08. The monoisotopic (exact) mass is 164 g/mol. The van der Waals surface area contributed by atoms with Gasteiger partial charge in [-0.2, -0.15) is 5.26 Å². The third kappa shape index (κ3) is 2.22. The van der Waals surface area contributed by atoms with E-state index in [-0.39, 0.29) is 0 Å². The van der Waals surface area contributed by atoms with Gasteiger partial charge in [0.15, 0.2) is 0 Å². The molecule has 2 aliphatic rings. The molecule has 0 aromatic carbocycles. The first-order valence-electron chi connectivity index (χ1n) is 5.01. The van der Waals surface area contributed by atoms with Crippen LogP contribution in [-0.4, -0.2) is 24.0 Å². The minimum Gasteiger partial charge on any atom is -0.299 e. The first-order valence-corrected chi connectivity index (χ1v) is 5.01. The van der Waals surface area contributed by atoms with Gasteiger partial charge in [-0.25, -0.2) is 0 Å². The van der Waals surface area contributed by atoms with Crippen LogP contribution in [0, 0.1) is 17.2 Å². The van der Waals surface area contributed by atoms with Crippen LogP contribution in [0.2, 0.25) is 0 Å². The molecule has 66 valence electrons. The van der Waals surface area contributed by atoms with Gasteiger partial charge in [0.1, 0.15) is 0 Å². The maximum atomic E-state index is 8.49. The van der Waals surface area contributed by atoms with Crippen molar-refractivity contribution in [3.63, 3.8) is 0 Å². The maximum Gasteiger partial charge on any atom is 0.0635 e. The Kier molecular flexibility index (Phi) is 2.32. The summed E-state index contributed by atoms with van der Waals surface area (Å²) in [6.07, 6.45) is 6.31. The Balaban J connectivity index is 1.72. The molecule has 2 fully saturated rings. The molecule has 0 N–H and O–H groups in total. The summed E-state index contributed by atoms with van der Waals surface area (Å²) < 4.78 is 0. The SMILES string of the molecule is N#CCCN(CC1CC1)C1CC1. The molecule has 0 bridgehead atoms. The van der Waals surface area contributed by atoms with Gasteiger partial charge in [0.2, 0.25) is 0 Å². The first kappa shape index (κ1) is 8.07. The lowest BCUT2D eigenvalue weighted by molar-refractivity contribution is 0.258. The second kappa shape index (κ2) is 3.45. The molecule has 0 amide bonds. The fourth-order valence-electron chi connectivity index (χ4n) is 1.69. The minimum atomic E-state index is 0.712. The van der Waals surface area contributed by atoms with Crippen LogP contribution in [0.3, 0.4) is 0 Å². The van der Waals surface area contributed by atoms with E-state index >= 15 is 0 Å². The van der Waals surface area contributed by atoms with Crippen LogP contribution in [0.5, 0.6) is 0 Å². The topological polar surface area (TPSA) is 27.0 Å². The summed E-state index contributed by atoms with van der Waals surface area (Å²) in [6, 6.07) is 3.08. The van der Waals surface area contributed by atoms with Crippen molar-refractivity contribution < 1.29 is 0 Å². The largest absolute Gasteiger partial charge is 0.299 e. The van der Waals surface area contributed by atoms with Crippen molar-refractivity contribution >= 4 is 0 Å². The van der Waals surface area contributed by atoms with E-state index in [1.54, 1.807) is 0 Å². The lowest BCUT2D eigenvalue weighted by Crippen LogP contribution is -2.29. The van der Waals surface area contributed by atoms with Gasteiger partial charge in [0, 0.05) is 25.6 Å². The van der Waals surface area contributed by atoms with Crippen molar-refractivity contribution in [1.29, 1.82) is 5.26 Å². The quantitative estimate of drug-likeness (QED) is 0.619. The number of hydrogen-bond acceptors (Lipinski definition) is 2. The van der Waals surface area contributed by atoms with Crippen LogP contribution < -0.4 is 0 Å². The molecule has 0 saturated heterocycles. The molecule has 0 heterocycles. The average molecular weight is 164 g/mol. The highest BCUT2D eigenvalue weighted by Crippen LogP contribution is 2.34. The Morgan fingerprint density at radius 3 is 2.50 bits per heavy atom. The number of rotatable bonds is 5. The molecule has 0 atom stereocenters. The molecule has 0 aromatic rings. The first-order chi connectivity index (χ1) is 5.90. The molecule has 2 nitrogen and oxygen atoms in total. The van der Waals surface area contributed by atoms with E-state index in [1.807, 2.05) is 0 Å². The molecular weight excluding hydrogens is 148 g/mol. The zero-order valence-electron chi connectivity index (χ0n) is 7.50. The van der Waals surface area contributed by atoms with Crippen molar-refractivity contribution in [2.75, 3.05) is 13.1 Å². The van der Waals surface area contributed by atoms with Gasteiger partial charge in [-0.1, -0.05) is 0 Å². The third-order valence-electron chi connectivity index (χ3n) is 2.76. The van der Waals surface area contributed by atoms with E-state index in [9.17, 15) is 0 Å². The maximum absolute atomic E-state index is 8.49. The van der Waals surface area contributed by atoms with Gasteiger partial charge in [-0.3, -0.25) is 4.90 Å². The van der Waals surface area contributed by atoms with E-state index in [4.69, 9.17) is 5.26 Å². The van der Waals surface area contributed by atoms with E-state index in [0.29, 0.717) is 6.42 Å². The molecule has 12 heavy (non-hydrogen) atoms. The molecule has 0 aliphatic heterocycles. The summed E-state index contributed by atoms with van der Waals surface area (Å²) in [4.78, 5) is 2.53. The molecule has 0 aromatic heterocycles.